The highest BCUT2D eigenvalue weighted by molar-refractivity contribution is 6.47. The van der Waals surface area contributed by atoms with E-state index in [1.165, 1.54) is 0 Å². The monoisotopic (exact) mass is 254 g/mol. The summed E-state index contributed by atoms with van der Waals surface area (Å²) < 4.78 is 12.5. The predicted molar refractivity (Wildman–Crippen MR) is 78.7 cm³/mol. The summed E-state index contributed by atoms with van der Waals surface area (Å²) in [5.41, 5.74) is -0.248. The maximum atomic E-state index is 6.23. The van der Waals surface area contributed by atoms with Gasteiger partial charge in [0, 0.05) is 0 Å². The normalized spacial score (nSPS) is 24.7. The zero-order valence-electron chi connectivity index (χ0n) is 13.8. The summed E-state index contributed by atoms with van der Waals surface area (Å²) >= 11 is 0. The lowest BCUT2D eigenvalue weighted by Crippen LogP contribution is -2.41. The molecular weight excluding hydrogens is 223 g/mol. The maximum absolute atomic E-state index is 6.23. The van der Waals surface area contributed by atoms with E-state index < -0.39 is 0 Å². The summed E-state index contributed by atoms with van der Waals surface area (Å²) in [6, 6.07) is 0. The average molecular weight is 254 g/mol. The molecule has 18 heavy (non-hydrogen) atoms. The topological polar surface area (TPSA) is 18.5 Å². The SMILES string of the molecule is CC(C)CC(B1OC(C)(C)C(C)(C)O1)C(C)(C)C. The van der Waals surface area contributed by atoms with Gasteiger partial charge in [0.1, 0.15) is 0 Å². The van der Waals surface area contributed by atoms with Crippen LogP contribution in [0.1, 0.15) is 68.7 Å². The Hall–Kier alpha value is -0.0151. The third kappa shape index (κ3) is 3.30. The molecule has 0 aromatic heterocycles. The van der Waals surface area contributed by atoms with E-state index in [0.717, 1.165) is 6.42 Å². The summed E-state index contributed by atoms with van der Waals surface area (Å²) in [5.74, 6) is 1.09. The smallest absolute Gasteiger partial charge is 0.403 e. The fourth-order valence-corrected chi connectivity index (χ4v) is 2.43. The van der Waals surface area contributed by atoms with Crippen LogP contribution >= 0.6 is 0 Å². The molecule has 1 saturated heterocycles. The van der Waals surface area contributed by atoms with Crippen LogP contribution in [-0.2, 0) is 9.31 Å². The fourth-order valence-electron chi connectivity index (χ4n) is 2.43. The van der Waals surface area contributed by atoms with Crippen LogP contribution in [0.5, 0.6) is 0 Å². The van der Waals surface area contributed by atoms with Crippen molar-refractivity contribution in [2.75, 3.05) is 0 Å². The lowest BCUT2D eigenvalue weighted by molar-refractivity contribution is 0.00578. The Morgan fingerprint density at radius 3 is 1.61 bits per heavy atom. The van der Waals surface area contributed by atoms with Crippen LogP contribution < -0.4 is 0 Å². The van der Waals surface area contributed by atoms with Gasteiger partial charge in [0.25, 0.3) is 0 Å². The van der Waals surface area contributed by atoms with Crippen molar-refractivity contribution in [3.63, 3.8) is 0 Å². The molecule has 1 fully saturated rings. The van der Waals surface area contributed by atoms with Crippen LogP contribution in [0, 0.1) is 11.3 Å². The van der Waals surface area contributed by atoms with E-state index in [2.05, 4.69) is 62.3 Å². The molecule has 1 heterocycles. The zero-order valence-corrected chi connectivity index (χ0v) is 13.8. The van der Waals surface area contributed by atoms with E-state index in [4.69, 9.17) is 9.31 Å². The summed E-state index contributed by atoms with van der Waals surface area (Å²) in [6.07, 6.45) is 1.14. The average Bonchev–Trinajstić information content (AvgIpc) is 2.29. The van der Waals surface area contributed by atoms with Crippen LogP contribution in [-0.4, -0.2) is 18.3 Å². The first-order valence-electron chi connectivity index (χ1n) is 7.22. The summed E-state index contributed by atoms with van der Waals surface area (Å²) in [7, 11) is -0.0857. The Bertz CT molecular complexity index is 273. The van der Waals surface area contributed by atoms with Crippen molar-refractivity contribution in [1.82, 2.24) is 0 Å². The molecule has 106 valence electrons. The molecule has 0 N–H and O–H groups in total. The Kier molecular flexibility index (Phi) is 4.30. The molecule has 2 nitrogen and oxygen atoms in total. The molecule has 1 aliphatic heterocycles. The van der Waals surface area contributed by atoms with Gasteiger partial charge in [-0.25, -0.2) is 0 Å². The molecular formula is C15H31BO2. The van der Waals surface area contributed by atoms with Crippen molar-refractivity contribution in [3.05, 3.63) is 0 Å². The first-order chi connectivity index (χ1) is 7.87. The van der Waals surface area contributed by atoms with Gasteiger partial charge in [-0.1, -0.05) is 34.6 Å². The lowest BCUT2D eigenvalue weighted by atomic mass is 9.56. The minimum Gasteiger partial charge on any atom is -0.403 e. The Balaban J connectivity index is 2.91. The Morgan fingerprint density at radius 1 is 0.944 bits per heavy atom. The van der Waals surface area contributed by atoms with E-state index in [1.807, 2.05) is 0 Å². The van der Waals surface area contributed by atoms with Crippen molar-refractivity contribution in [2.24, 2.45) is 11.3 Å². The molecule has 1 aliphatic rings. The second-order valence-corrected chi connectivity index (χ2v) is 8.23. The molecule has 0 bridgehead atoms. The van der Waals surface area contributed by atoms with Gasteiger partial charge < -0.3 is 9.31 Å². The second kappa shape index (κ2) is 4.83. The molecule has 0 amide bonds. The summed E-state index contributed by atoms with van der Waals surface area (Å²) in [4.78, 5) is 0. The first-order valence-corrected chi connectivity index (χ1v) is 7.22. The largest absolute Gasteiger partial charge is 0.461 e. The third-order valence-electron chi connectivity index (χ3n) is 4.44. The van der Waals surface area contributed by atoms with Gasteiger partial charge in [-0.2, -0.15) is 0 Å². The van der Waals surface area contributed by atoms with E-state index in [9.17, 15) is 0 Å². The van der Waals surface area contributed by atoms with Crippen molar-refractivity contribution < 1.29 is 9.31 Å². The van der Waals surface area contributed by atoms with Crippen LogP contribution in [0.3, 0.4) is 0 Å². The standard InChI is InChI=1S/C15H31BO2/c1-11(2)10-12(13(3,4)5)16-17-14(6,7)15(8,9)18-16/h11-12H,10H2,1-9H3. The Labute approximate surface area is 114 Å². The number of rotatable bonds is 3. The summed E-state index contributed by atoms with van der Waals surface area (Å²) in [6.45, 7) is 19.9. The number of hydrogen-bond acceptors (Lipinski definition) is 2. The molecule has 3 heteroatoms. The van der Waals surface area contributed by atoms with Gasteiger partial charge in [0.05, 0.1) is 11.2 Å². The quantitative estimate of drug-likeness (QED) is 0.688. The second-order valence-electron chi connectivity index (χ2n) is 8.23. The molecule has 0 aliphatic carbocycles. The van der Waals surface area contributed by atoms with Crippen LogP contribution in [0.4, 0.5) is 0 Å². The van der Waals surface area contributed by atoms with Crippen LogP contribution in [0.15, 0.2) is 0 Å². The zero-order chi connectivity index (χ0) is 14.4. The van der Waals surface area contributed by atoms with Crippen molar-refractivity contribution in [2.45, 2.75) is 85.8 Å². The van der Waals surface area contributed by atoms with Gasteiger partial charge >= 0.3 is 7.12 Å². The molecule has 1 atom stereocenters. The molecule has 1 unspecified atom stereocenters. The molecule has 0 spiro atoms. The minimum absolute atomic E-state index is 0.0857. The van der Waals surface area contributed by atoms with E-state index in [0.29, 0.717) is 11.7 Å². The van der Waals surface area contributed by atoms with E-state index in [-0.39, 0.29) is 23.7 Å². The highest BCUT2D eigenvalue weighted by Gasteiger charge is 2.55. The molecule has 0 saturated carbocycles. The molecule has 1 rings (SSSR count). The van der Waals surface area contributed by atoms with Crippen molar-refractivity contribution >= 4 is 7.12 Å². The van der Waals surface area contributed by atoms with Crippen molar-refractivity contribution in [1.29, 1.82) is 0 Å². The molecule has 0 radical (unpaired) electrons. The van der Waals surface area contributed by atoms with E-state index >= 15 is 0 Å². The fraction of sp³-hybridized carbons (Fsp3) is 1.00. The van der Waals surface area contributed by atoms with Gasteiger partial charge in [-0.3, -0.25) is 0 Å². The van der Waals surface area contributed by atoms with Gasteiger partial charge in [-0.05, 0) is 51.3 Å². The summed E-state index contributed by atoms with van der Waals surface area (Å²) in [5, 5.41) is 0. The molecule has 0 aromatic carbocycles. The number of hydrogen-bond donors (Lipinski definition) is 0. The van der Waals surface area contributed by atoms with Crippen molar-refractivity contribution in [3.8, 4) is 0 Å². The van der Waals surface area contributed by atoms with Crippen LogP contribution in [0.25, 0.3) is 0 Å². The maximum Gasteiger partial charge on any atom is 0.461 e. The van der Waals surface area contributed by atoms with Gasteiger partial charge in [-0.15, -0.1) is 0 Å². The van der Waals surface area contributed by atoms with Gasteiger partial charge in [0.15, 0.2) is 0 Å². The lowest BCUT2D eigenvalue weighted by Gasteiger charge is -2.33. The van der Waals surface area contributed by atoms with Gasteiger partial charge in [0.2, 0.25) is 0 Å². The van der Waals surface area contributed by atoms with E-state index in [1.54, 1.807) is 0 Å². The minimum atomic E-state index is -0.224. The highest BCUT2D eigenvalue weighted by atomic mass is 16.7. The highest BCUT2D eigenvalue weighted by Crippen LogP contribution is 2.47. The van der Waals surface area contributed by atoms with Crippen LogP contribution in [0.2, 0.25) is 5.82 Å². The third-order valence-corrected chi connectivity index (χ3v) is 4.44. The first kappa shape index (κ1) is 16.0. The predicted octanol–water partition coefficient (Wildman–Crippen LogP) is 4.54. The molecule has 0 aromatic rings. The Morgan fingerprint density at radius 2 is 1.33 bits per heavy atom.